The highest BCUT2D eigenvalue weighted by molar-refractivity contribution is 7.80. The number of rotatable bonds is 9. The van der Waals surface area contributed by atoms with E-state index in [-0.39, 0.29) is 5.91 Å². The Labute approximate surface area is 127 Å². The number of hydrogen-bond donors (Lipinski definition) is 2. The van der Waals surface area contributed by atoms with E-state index in [1.165, 1.54) is 6.42 Å². The van der Waals surface area contributed by atoms with Gasteiger partial charge in [0.05, 0.1) is 10.4 Å². The molecule has 1 rings (SSSR count). The van der Waals surface area contributed by atoms with Gasteiger partial charge in [-0.1, -0.05) is 44.8 Å². The first-order valence-electron chi connectivity index (χ1n) is 7.79. The standard InChI is InChI=1S/C15H28N2O2S/c1-2-3-11-19-12-7-10-17-14(18)15(13(16)20)8-5-4-6-9-15/h2-12H2,1H3,(H2,16,20)(H,17,18). The van der Waals surface area contributed by atoms with Crippen molar-refractivity contribution in [1.82, 2.24) is 5.32 Å². The second-order valence-electron chi connectivity index (χ2n) is 5.58. The predicted octanol–water partition coefficient (Wildman–Crippen LogP) is 2.55. The van der Waals surface area contributed by atoms with E-state index >= 15 is 0 Å². The number of carbonyl (C=O) groups excluding carboxylic acids is 1. The maximum absolute atomic E-state index is 12.4. The molecule has 1 fully saturated rings. The van der Waals surface area contributed by atoms with Crippen LogP contribution in [0.25, 0.3) is 0 Å². The highest BCUT2D eigenvalue weighted by Crippen LogP contribution is 2.36. The lowest BCUT2D eigenvalue weighted by Crippen LogP contribution is -2.50. The molecule has 0 spiro atoms. The fourth-order valence-corrected chi connectivity index (χ4v) is 2.93. The first-order chi connectivity index (χ1) is 9.63. The molecule has 1 saturated carbocycles. The molecule has 0 bridgehead atoms. The number of unbranched alkanes of at least 4 members (excludes halogenated alkanes) is 1. The fourth-order valence-electron chi connectivity index (χ4n) is 2.63. The number of nitrogens with one attached hydrogen (secondary N) is 1. The minimum absolute atomic E-state index is 0.0123. The molecule has 0 atom stereocenters. The van der Waals surface area contributed by atoms with Crippen molar-refractivity contribution in [1.29, 1.82) is 0 Å². The van der Waals surface area contributed by atoms with E-state index < -0.39 is 5.41 Å². The average Bonchev–Trinajstić information content (AvgIpc) is 2.46. The molecule has 116 valence electrons. The summed E-state index contributed by atoms with van der Waals surface area (Å²) < 4.78 is 5.47. The van der Waals surface area contributed by atoms with Crippen LogP contribution in [-0.4, -0.2) is 30.7 Å². The van der Waals surface area contributed by atoms with E-state index in [1.807, 2.05) is 0 Å². The molecule has 0 heterocycles. The van der Waals surface area contributed by atoms with Crippen LogP contribution in [0.1, 0.15) is 58.3 Å². The molecule has 0 unspecified atom stereocenters. The summed E-state index contributed by atoms with van der Waals surface area (Å²) in [4.78, 5) is 12.7. The van der Waals surface area contributed by atoms with E-state index in [4.69, 9.17) is 22.7 Å². The molecule has 1 aliphatic carbocycles. The van der Waals surface area contributed by atoms with Crippen LogP contribution in [0.4, 0.5) is 0 Å². The number of ether oxygens (including phenoxy) is 1. The summed E-state index contributed by atoms with van der Waals surface area (Å²) in [6.45, 7) is 4.28. The van der Waals surface area contributed by atoms with Gasteiger partial charge in [-0.2, -0.15) is 0 Å². The summed E-state index contributed by atoms with van der Waals surface area (Å²) in [5, 5.41) is 2.98. The van der Waals surface area contributed by atoms with E-state index in [0.29, 0.717) is 18.1 Å². The van der Waals surface area contributed by atoms with Crippen LogP contribution in [0.5, 0.6) is 0 Å². The maximum atomic E-state index is 12.4. The molecule has 20 heavy (non-hydrogen) atoms. The Balaban J connectivity index is 2.27. The van der Waals surface area contributed by atoms with E-state index in [9.17, 15) is 4.79 Å². The van der Waals surface area contributed by atoms with Gasteiger partial charge in [0, 0.05) is 19.8 Å². The SMILES string of the molecule is CCCCOCCCNC(=O)C1(C(N)=S)CCCCC1. The van der Waals surface area contributed by atoms with Crippen LogP contribution >= 0.6 is 12.2 Å². The number of carbonyl (C=O) groups is 1. The maximum Gasteiger partial charge on any atom is 0.233 e. The average molecular weight is 300 g/mol. The molecule has 0 aromatic carbocycles. The zero-order valence-electron chi connectivity index (χ0n) is 12.6. The number of amides is 1. The summed E-state index contributed by atoms with van der Waals surface area (Å²) in [6.07, 6.45) is 7.90. The van der Waals surface area contributed by atoms with Crippen molar-refractivity contribution < 1.29 is 9.53 Å². The first-order valence-corrected chi connectivity index (χ1v) is 8.20. The van der Waals surface area contributed by atoms with Crippen LogP contribution in [0.2, 0.25) is 0 Å². The summed E-state index contributed by atoms with van der Waals surface area (Å²) in [5.41, 5.74) is 5.23. The molecule has 0 saturated heterocycles. The lowest BCUT2D eigenvalue weighted by atomic mass is 9.73. The van der Waals surface area contributed by atoms with Crippen LogP contribution in [0, 0.1) is 5.41 Å². The zero-order chi connectivity index (χ0) is 14.8. The molecule has 0 aromatic rings. The molecule has 0 aromatic heterocycles. The topological polar surface area (TPSA) is 64.3 Å². The van der Waals surface area contributed by atoms with Gasteiger partial charge in [0.1, 0.15) is 0 Å². The quantitative estimate of drug-likeness (QED) is 0.507. The second kappa shape index (κ2) is 9.29. The second-order valence-corrected chi connectivity index (χ2v) is 6.02. The number of thiocarbonyl (C=S) groups is 1. The largest absolute Gasteiger partial charge is 0.392 e. The molecule has 1 amide bonds. The van der Waals surface area contributed by atoms with E-state index in [1.54, 1.807) is 0 Å². The van der Waals surface area contributed by atoms with Crippen molar-refractivity contribution in [2.75, 3.05) is 19.8 Å². The number of nitrogens with two attached hydrogens (primary N) is 1. The molecule has 0 radical (unpaired) electrons. The third-order valence-corrected chi connectivity index (χ3v) is 4.40. The van der Waals surface area contributed by atoms with Crippen LogP contribution < -0.4 is 11.1 Å². The first kappa shape index (κ1) is 17.4. The molecule has 0 aliphatic heterocycles. The molecule has 4 nitrogen and oxygen atoms in total. The van der Waals surface area contributed by atoms with Gasteiger partial charge in [-0.05, 0) is 25.7 Å². The lowest BCUT2D eigenvalue weighted by molar-refractivity contribution is -0.128. The van der Waals surface area contributed by atoms with Crippen molar-refractivity contribution in [2.45, 2.75) is 58.3 Å². The fraction of sp³-hybridized carbons (Fsp3) is 0.867. The van der Waals surface area contributed by atoms with Crippen molar-refractivity contribution >= 4 is 23.1 Å². The minimum Gasteiger partial charge on any atom is -0.392 e. The molecule has 3 N–H and O–H groups in total. The van der Waals surface area contributed by atoms with Gasteiger partial charge in [-0.15, -0.1) is 0 Å². The normalized spacial score (nSPS) is 17.6. The molecular formula is C15H28N2O2S. The van der Waals surface area contributed by atoms with Gasteiger partial charge < -0.3 is 15.8 Å². The Kier molecular flexibility index (Phi) is 8.07. The van der Waals surface area contributed by atoms with Crippen molar-refractivity contribution in [3.63, 3.8) is 0 Å². The Morgan fingerprint density at radius 3 is 2.50 bits per heavy atom. The van der Waals surface area contributed by atoms with Crippen LogP contribution in [-0.2, 0) is 9.53 Å². The highest BCUT2D eigenvalue weighted by atomic mass is 32.1. The Bertz CT molecular complexity index is 315. The summed E-state index contributed by atoms with van der Waals surface area (Å²) in [6, 6.07) is 0. The zero-order valence-corrected chi connectivity index (χ0v) is 13.4. The van der Waals surface area contributed by atoms with Gasteiger partial charge >= 0.3 is 0 Å². The van der Waals surface area contributed by atoms with Gasteiger partial charge in [0.25, 0.3) is 0 Å². The highest BCUT2D eigenvalue weighted by Gasteiger charge is 2.41. The van der Waals surface area contributed by atoms with Gasteiger partial charge in [0.2, 0.25) is 5.91 Å². The van der Waals surface area contributed by atoms with Gasteiger partial charge in [0.15, 0.2) is 0 Å². The van der Waals surface area contributed by atoms with E-state index in [2.05, 4.69) is 12.2 Å². The Morgan fingerprint density at radius 2 is 1.90 bits per heavy atom. The predicted molar refractivity (Wildman–Crippen MR) is 85.7 cm³/mol. The summed E-state index contributed by atoms with van der Waals surface area (Å²) >= 11 is 5.15. The van der Waals surface area contributed by atoms with Crippen molar-refractivity contribution in [2.24, 2.45) is 11.1 Å². The Morgan fingerprint density at radius 1 is 1.25 bits per heavy atom. The molecule has 5 heteroatoms. The third-order valence-electron chi connectivity index (χ3n) is 4.01. The van der Waals surface area contributed by atoms with Crippen LogP contribution in [0.15, 0.2) is 0 Å². The van der Waals surface area contributed by atoms with Crippen molar-refractivity contribution in [3.05, 3.63) is 0 Å². The molecule has 1 aliphatic rings. The third kappa shape index (κ3) is 5.02. The van der Waals surface area contributed by atoms with Gasteiger partial charge in [-0.3, -0.25) is 4.79 Å². The van der Waals surface area contributed by atoms with Gasteiger partial charge in [-0.25, -0.2) is 0 Å². The molecular weight excluding hydrogens is 272 g/mol. The number of hydrogen-bond acceptors (Lipinski definition) is 3. The Hall–Kier alpha value is -0.680. The van der Waals surface area contributed by atoms with E-state index in [0.717, 1.165) is 51.6 Å². The summed E-state index contributed by atoms with van der Waals surface area (Å²) in [7, 11) is 0. The summed E-state index contributed by atoms with van der Waals surface area (Å²) in [5.74, 6) is 0.0123. The van der Waals surface area contributed by atoms with Crippen molar-refractivity contribution in [3.8, 4) is 0 Å². The van der Waals surface area contributed by atoms with Crippen LogP contribution in [0.3, 0.4) is 0 Å². The lowest BCUT2D eigenvalue weighted by Gasteiger charge is -2.34. The smallest absolute Gasteiger partial charge is 0.233 e. The monoisotopic (exact) mass is 300 g/mol. The minimum atomic E-state index is -0.601.